The van der Waals surface area contributed by atoms with Gasteiger partial charge in [0.25, 0.3) is 0 Å². The van der Waals surface area contributed by atoms with Crippen molar-refractivity contribution in [3.8, 4) is 0 Å². The number of hydrogen-bond acceptors (Lipinski definition) is 2. The Balaban J connectivity index is 1.90. The molecule has 0 radical (unpaired) electrons. The van der Waals surface area contributed by atoms with Crippen molar-refractivity contribution in [1.82, 2.24) is 10.2 Å². The van der Waals surface area contributed by atoms with Crippen LogP contribution in [0.25, 0.3) is 0 Å². The van der Waals surface area contributed by atoms with Crippen LogP contribution in [0.5, 0.6) is 0 Å². The molecule has 2 heteroatoms. The molecule has 3 atom stereocenters. The molecule has 1 N–H and O–H groups in total. The second kappa shape index (κ2) is 7.29. The zero-order chi connectivity index (χ0) is 12.0. The molecule has 1 aliphatic rings. The summed E-state index contributed by atoms with van der Waals surface area (Å²) < 4.78 is 0. The normalized spacial score (nSPS) is 26.1. The summed E-state index contributed by atoms with van der Waals surface area (Å²) in [7, 11) is 2.28. The Bertz CT molecular complexity index is 182. The lowest BCUT2D eigenvalue weighted by Crippen LogP contribution is -2.26. The molecule has 0 saturated heterocycles. The van der Waals surface area contributed by atoms with Crippen LogP contribution in [0.4, 0.5) is 0 Å². The highest BCUT2D eigenvalue weighted by atomic mass is 15.1. The summed E-state index contributed by atoms with van der Waals surface area (Å²) in [6.07, 6.45) is 5.50. The van der Waals surface area contributed by atoms with E-state index in [4.69, 9.17) is 0 Å². The number of nitrogens with one attached hydrogen (secondary N) is 1. The van der Waals surface area contributed by atoms with E-state index in [-0.39, 0.29) is 0 Å². The Morgan fingerprint density at radius 2 is 2.06 bits per heavy atom. The fourth-order valence-corrected chi connectivity index (χ4v) is 2.43. The van der Waals surface area contributed by atoms with Crippen molar-refractivity contribution in [2.45, 2.75) is 52.5 Å². The minimum absolute atomic E-state index is 0.693. The number of hydrogen-bond donors (Lipinski definition) is 1. The van der Waals surface area contributed by atoms with Gasteiger partial charge in [-0.25, -0.2) is 0 Å². The summed E-state index contributed by atoms with van der Waals surface area (Å²) in [5.41, 5.74) is 0. The van der Waals surface area contributed by atoms with E-state index in [1.807, 2.05) is 0 Å². The molecule has 0 aliphatic heterocycles. The van der Waals surface area contributed by atoms with Gasteiger partial charge in [-0.1, -0.05) is 20.3 Å². The molecule has 0 aromatic heterocycles. The second-order valence-electron chi connectivity index (χ2n) is 5.69. The van der Waals surface area contributed by atoms with Crippen molar-refractivity contribution < 1.29 is 0 Å². The van der Waals surface area contributed by atoms with E-state index in [2.05, 4.69) is 38.0 Å². The smallest absolute Gasteiger partial charge is 0.00386 e. The minimum atomic E-state index is 0.693. The molecule has 16 heavy (non-hydrogen) atoms. The van der Waals surface area contributed by atoms with Gasteiger partial charge in [-0.15, -0.1) is 0 Å². The van der Waals surface area contributed by atoms with Gasteiger partial charge in [-0.2, -0.15) is 0 Å². The van der Waals surface area contributed by atoms with Crippen LogP contribution in [0.2, 0.25) is 0 Å². The zero-order valence-electron chi connectivity index (χ0n) is 11.6. The van der Waals surface area contributed by atoms with Crippen LogP contribution >= 0.6 is 0 Å². The molecule has 1 saturated carbocycles. The van der Waals surface area contributed by atoms with Crippen LogP contribution in [0.15, 0.2) is 0 Å². The first-order chi connectivity index (χ1) is 7.63. The molecule has 1 rings (SSSR count). The highest BCUT2D eigenvalue weighted by Crippen LogP contribution is 2.37. The van der Waals surface area contributed by atoms with E-state index in [1.54, 1.807) is 0 Å². The van der Waals surface area contributed by atoms with Gasteiger partial charge >= 0.3 is 0 Å². The number of rotatable bonds is 9. The van der Waals surface area contributed by atoms with E-state index in [9.17, 15) is 0 Å². The van der Waals surface area contributed by atoms with Crippen molar-refractivity contribution in [3.63, 3.8) is 0 Å². The summed E-state index contributed by atoms with van der Waals surface area (Å²) in [6.45, 7) is 10.5. The Kier molecular flexibility index (Phi) is 6.37. The van der Waals surface area contributed by atoms with E-state index < -0.39 is 0 Å². The average Bonchev–Trinajstić information content (AvgIpc) is 2.89. The van der Waals surface area contributed by atoms with Crippen molar-refractivity contribution in [1.29, 1.82) is 0 Å². The molecule has 0 heterocycles. The molecular formula is C14H30N2. The first kappa shape index (κ1) is 14.0. The lowest BCUT2D eigenvalue weighted by atomic mass is 10.1. The van der Waals surface area contributed by atoms with E-state index in [0.717, 1.165) is 18.4 Å². The van der Waals surface area contributed by atoms with Gasteiger partial charge in [0.15, 0.2) is 0 Å². The Labute approximate surface area is 102 Å². The molecule has 96 valence electrons. The first-order valence-electron chi connectivity index (χ1n) is 7.05. The molecule has 0 spiro atoms. The summed E-state index contributed by atoms with van der Waals surface area (Å²) >= 11 is 0. The van der Waals surface area contributed by atoms with Crippen LogP contribution in [-0.2, 0) is 0 Å². The van der Waals surface area contributed by atoms with Crippen LogP contribution in [0.1, 0.15) is 46.5 Å². The van der Waals surface area contributed by atoms with Crippen molar-refractivity contribution in [2.75, 3.05) is 26.7 Å². The van der Waals surface area contributed by atoms with Crippen molar-refractivity contribution in [2.24, 2.45) is 11.8 Å². The van der Waals surface area contributed by atoms with Crippen LogP contribution in [-0.4, -0.2) is 37.6 Å². The average molecular weight is 226 g/mol. The van der Waals surface area contributed by atoms with E-state index >= 15 is 0 Å². The van der Waals surface area contributed by atoms with Gasteiger partial charge in [0.2, 0.25) is 0 Å². The highest BCUT2D eigenvalue weighted by molar-refractivity contribution is 4.84. The Hall–Kier alpha value is -0.0800. The molecule has 2 nitrogen and oxygen atoms in total. The second-order valence-corrected chi connectivity index (χ2v) is 5.69. The monoisotopic (exact) mass is 226 g/mol. The SMILES string of the molecule is CCNC(C)CCCCN(C)CC1CC1C. The zero-order valence-corrected chi connectivity index (χ0v) is 11.6. The molecule has 0 aromatic carbocycles. The standard InChI is InChI=1S/C14H30N2/c1-5-15-13(3)8-6-7-9-16(4)11-14-10-12(14)2/h12-15H,5-11H2,1-4H3. The third-order valence-electron chi connectivity index (χ3n) is 3.80. The van der Waals surface area contributed by atoms with E-state index in [0.29, 0.717) is 6.04 Å². The summed E-state index contributed by atoms with van der Waals surface area (Å²) in [5.74, 6) is 2.00. The summed E-state index contributed by atoms with van der Waals surface area (Å²) in [5, 5.41) is 3.47. The third-order valence-corrected chi connectivity index (χ3v) is 3.80. The van der Waals surface area contributed by atoms with Gasteiger partial charge in [0.05, 0.1) is 0 Å². The predicted octanol–water partition coefficient (Wildman–Crippen LogP) is 2.74. The molecule has 1 fully saturated rings. The van der Waals surface area contributed by atoms with Crippen LogP contribution in [0, 0.1) is 11.8 Å². The highest BCUT2D eigenvalue weighted by Gasteiger charge is 2.32. The van der Waals surface area contributed by atoms with Gasteiger partial charge in [0, 0.05) is 12.6 Å². The quantitative estimate of drug-likeness (QED) is 0.608. The topological polar surface area (TPSA) is 15.3 Å². The molecule has 3 unspecified atom stereocenters. The Morgan fingerprint density at radius 1 is 1.38 bits per heavy atom. The maximum absolute atomic E-state index is 3.47. The van der Waals surface area contributed by atoms with Crippen molar-refractivity contribution in [3.05, 3.63) is 0 Å². The fraction of sp³-hybridized carbons (Fsp3) is 1.00. The minimum Gasteiger partial charge on any atom is -0.315 e. The van der Waals surface area contributed by atoms with Gasteiger partial charge in [-0.05, 0) is 58.2 Å². The predicted molar refractivity (Wildman–Crippen MR) is 71.8 cm³/mol. The Morgan fingerprint density at radius 3 is 2.62 bits per heavy atom. The van der Waals surface area contributed by atoms with Crippen LogP contribution < -0.4 is 5.32 Å². The lowest BCUT2D eigenvalue weighted by molar-refractivity contribution is 0.304. The third kappa shape index (κ3) is 5.86. The van der Waals surface area contributed by atoms with Gasteiger partial charge < -0.3 is 10.2 Å². The summed E-state index contributed by atoms with van der Waals surface area (Å²) in [4.78, 5) is 2.52. The number of unbranched alkanes of at least 4 members (excludes halogenated alkanes) is 1. The molecule has 0 aromatic rings. The largest absolute Gasteiger partial charge is 0.315 e. The van der Waals surface area contributed by atoms with Crippen molar-refractivity contribution >= 4 is 0 Å². The molecule has 0 amide bonds. The molecular weight excluding hydrogens is 196 g/mol. The first-order valence-corrected chi connectivity index (χ1v) is 7.05. The maximum atomic E-state index is 3.47. The van der Waals surface area contributed by atoms with Gasteiger partial charge in [-0.3, -0.25) is 0 Å². The number of nitrogens with zero attached hydrogens (tertiary/aromatic N) is 1. The summed E-state index contributed by atoms with van der Waals surface area (Å²) in [6, 6.07) is 0.693. The van der Waals surface area contributed by atoms with Gasteiger partial charge in [0.1, 0.15) is 0 Å². The van der Waals surface area contributed by atoms with Crippen LogP contribution in [0.3, 0.4) is 0 Å². The lowest BCUT2D eigenvalue weighted by Gasteiger charge is -2.17. The maximum Gasteiger partial charge on any atom is 0.00386 e. The molecule has 0 bridgehead atoms. The van der Waals surface area contributed by atoms with E-state index in [1.165, 1.54) is 38.8 Å². The molecule has 1 aliphatic carbocycles. The fourth-order valence-electron chi connectivity index (χ4n) is 2.43.